The third-order valence-corrected chi connectivity index (χ3v) is 3.95. The maximum Gasteiger partial charge on any atom is 0.304 e. The monoisotopic (exact) mass is 337 g/mol. The highest BCUT2D eigenvalue weighted by atomic mass is 79.9. The minimum Gasteiger partial charge on any atom is -0.495 e. The Morgan fingerprint density at radius 3 is 2.72 bits per heavy atom. The van der Waals surface area contributed by atoms with Gasteiger partial charge in [-0.25, -0.2) is 8.42 Å². The Kier molecular flexibility index (Phi) is 4.97. The van der Waals surface area contributed by atoms with E-state index in [0.29, 0.717) is 15.9 Å². The van der Waals surface area contributed by atoms with E-state index < -0.39 is 28.2 Å². The predicted octanol–water partition coefficient (Wildman–Crippen LogP) is 1.67. The summed E-state index contributed by atoms with van der Waals surface area (Å²) in [6.45, 7) is 0. The lowest BCUT2D eigenvalue weighted by molar-refractivity contribution is -0.136. The number of carboxylic acid groups (broad SMARTS) is 1. The molecule has 0 aliphatic heterocycles. The van der Waals surface area contributed by atoms with Crippen LogP contribution in [-0.4, -0.2) is 32.4 Å². The molecule has 2 N–H and O–H groups in total. The van der Waals surface area contributed by atoms with Crippen LogP contribution in [0.25, 0.3) is 0 Å². The number of carboxylic acids is 1. The number of aliphatic carboxylic acids is 1. The Bertz CT molecular complexity index is 543. The number of anilines is 1. The lowest BCUT2D eigenvalue weighted by Crippen LogP contribution is -2.18. The van der Waals surface area contributed by atoms with E-state index in [9.17, 15) is 13.2 Å². The first-order valence-corrected chi connectivity index (χ1v) is 7.34. The van der Waals surface area contributed by atoms with Gasteiger partial charge in [0.15, 0.2) is 0 Å². The molecule has 1 aromatic rings. The molecule has 0 radical (unpaired) electrons. The topological polar surface area (TPSA) is 92.7 Å². The van der Waals surface area contributed by atoms with Gasteiger partial charge in [0, 0.05) is 6.07 Å². The molecule has 0 fully saturated rings. The second-order valence-corrected chi connectivity index (χ2v) is 6.11. The third-order valence-electron chi connectivity index (χ3n) is 2.01. The van der Waals surface area contributed by atoms with Gasteiger partial charge in [-0.2, -0.15) is 0 Å². The first-order chi connectivity index (χ1) is 8.34. The van der Waals surface area contributed by atoms with E-state index in [-0.39, 0.29) is 0 Å². The van der Waals surface area contributed by atoms with E-state index in [4.69, 9.17) is 9.84 Å². The second-order valence-electron chi connectivity index (χ2n) is 3.41. The molecule has 6 nitrogen and oxygen atoms in total. The van der Waals surface area contributed by atoms with Gasteiger partial charge in [0.05, 0.1) is 29.4 Å². The molecule has 0 amide bonds. The van der Waals surface area contributed by atoms with Gasteiger partial charge in [0.1, 0.15) is 5.75 Å². The zero-order valence-corrected chi connectivity index (χ0v) is 11.9. The van der Waals surface area contributed by atoms with Crippen LogP contribution in [0, 0.1) is 0 Å². The fourth-order valence-corrected chi connectivity index (χ4v) is 2.62. The maximum absolute atomic E-state index is 11.6. The maximum atomic E-state index is 11.6. The van der Waals surface area contributed by atoms with E-state index in [2.05, 4.69) is 20.7 Å². The molecule has 0 unspecified atom stereocenters. The number of hydrogen-bond acceptors (Lipinski definition) is 4. The van der Waals surface area contributed by atoms with E-state index in [0.717, 1.165) is 0 Å². The number of halogens is 1. The van der Waals surface area contributed by atoms with Crippen molar-refractivity contribution >= 4 is 37.6 Å². The zero-order valence-electron chi connectivity index (χ0n) is 9.51. The van der Waals surface area contributed by atoms with Gasteiger partial charge in [-0.1, -0.05) is 0 Å². The normalized spacial score (nSPS) is 11.0. The molecule has 0 atom stereocenters. The summed E-state index contributed by atoms with van der Waals surface area (Å²) in [5.41, 5.74) is 0.320. The summed E-state index contributed by atoms with van der Waals surface area (Å²) < 4.78 is 31.1. The summed E-state index contributed by atoms with van der Waals surface area (Å²) in [6.07, 6.45) is -0.441. The SMILES string of the molecule is COc1cc(NS(=O)(=O)CCC(=O)O)ccc1Br. The van der Waals surface area contributed by atoms with Crippen LogP contribution in [-0.2, 0) is 14.8 Å². The number of hydrogen-bond donors (Lipinski definition) is 2. The smallest absolute Gasteiger partial charge is 0.304 e. The van der Waals surface area contributed by atoms with Crippen molar-refractivity contribution in [2.24, 2.45) is 0 Å². The number of nitrogens with one attached hydrogen (secondary N) is 1. The molecule has 0 saturated carbocycles. The standard InChI is InChI=1S/C10H12BrNO5S/c1-17-9-6-7(2-3-8(9)11)12-18(15,16)5-4-10(13)14/h2-3,6,12H,4-5H2,1H3,(H,13,14). The van der Waals surface area contributed by atoms with Crippen LogP contribution in [0.5, 0.6) is 5.75 Å². The minimum absolute atomic E-state index is 0.320. The predicted molar refractivity (Wildman–Crippen MR) is 70.4 cm³/mol. The van der Waals surface area contributed by atoms with E-state index in [1.165, 1.54) is 13.2 Å². The fourth-order valence-electron chi connectivity index (χ4n) is 1.18. The Hall–Kier alpha value is -1.28. The highest BCUT2D eigenvalue weighted by molar-refractivity contribution is 9.10. The van der Waals surface area contributed by atoms with Crippen molar-refractivity contribution in [3.8, 4) is 5.75 Å². The number of methoxy groups -OCH3 is 1. The van der Waals surface area contributed by atoms with Crippen molar-refractivity contribution in [2.75, 3.05) is 17.6 Å². The van der Waals surface area contributed by atoms with E-state index >= 15 is 0 Å². The fraction of sp³-hybridized carbons (Fsp3) is 0.300. The minimum atomic E-state index is -3.67. The summed E-state index contributed by atoms with van der Waals surface area (Å²) in [6, 6.07) is 4.68. The largest absolute Gasteiger partial charge is 0.495 e. The van der Waals surface area contributed by atoms with Gasteiger partial charge in [-0.3, -0.25) is 9.52 Å². The van der Waals surface area contributed by atoms with Crippen LogP contribution >= 0.6 is 15.9 Å². The molecule has 0 spiro atoms. The van der Waals surface area contributed by atoms with Crippen molar-refractivity contribution in [1.82, 2.24) is 0 Å². The van der Waals surface area contributed by atoms with Gasteiger partial charge in [-0.15, -0.1) is 0 Å². The van der Waals surface area contributed by atoms with Crippen LogP contribution in [0.3, 0.4) is 0 Å². The van der Waals surface area contributed by atoms with Crippen molar-refractivity contribution in [3.63, 3.8) is 0 Å². The molecule has 18 heavy (non-hydrogen) atoms. The van der Waals surface area contributed by atoms with Crippen LogP contribution in [0.2, 0.25) is 0 Å². The molecular formula is C10H12BrNO5S. The number of ether oxygens (including phenoxy) is 1. The lowest BCUT2D eigenvalue weighted by Gasteiger charge is -2.09. The van der Waals surface area contributed by atoms with Crippen molar-refractivity contribution < 1.29 is 23.1 Å². The molecule has 0 aliphatic carbocycles. The first kappa shape index (κ1) is 14.8. The Morgan fingerprint density at radius 2 is 2.17 bits per heavy atom. The summed E-state index contributed by atoms with van der Waals surface area (Å²) in [7, 11) is -2.21. The van der Waals surface area contributed by atoms with Crippen LogP contribution < -0.4 is 9.46 Å². The molecule has 0 heterocycles. The van der Waals surface area contributed by atoms with E-state index in [1.807, 2.05) is 0 Å². The van der Waals surface area contributed by atoms with E-state index in [1.54, 1.807) is 12.1 Å². The van der Waals surface area contributed by atoms with Gasteiger partial charge in [0.2, 0.25) is 10.0 Å². The molecule has 0 bridgehead atoms. The van der Waals surface area contributed by atoms with Crippen molar-refractivity contribution in [3.05, 3.63) is 22.7 Å². The molecule has 0 saturated heterocycles. The number of benzene rings is 1. The highest BCUT2D eigenvalue weighted by Gasteiger charge is 2.13. The average molecular weight is 338 g/mol. The molecule has 8 heteroatoms. The molecular weight excluding hydrogens is 326 g/mol. The van der Waals surface area contributed by atoms with Crippen LogP contribution in [0.4, 0.5) is 5.69 Å². The lowest BCUT2D eigenvalue weighted by atomic mass is 10.3. The van der Waals surface area contributed by atoms with Crippen LogP contribution in [0.15, 0.2) is 22.7 Å². The molecule has 1 rings (SSSR count). The molecule has 1 aromatic carbocycles. The van der Waals surface area contributed by atoms with Gasteiger partial charge in [-0.05, 0) is 28.1 Å². The Morgan fingerprint density at radius 1 is 1.50 bits per heavy atom. The Balaban J connectivity index is 2.81. The summed E-state index contributed by atoms with van der Waals surface area (Å²) in [4.78, 5) is 10.3. The number of sulfonamides is 1. The average Bonchev–Trinajstić information content (AvgIpc) is 2.29. The molecule has 0 aromatic heterocycles. The summed E-state index contributed by atoms with van der Waals surface area (Å²) in [5, 5.41) is 8.44. The van der Waals surface area contributed by atoms with Gasteiger partial charge < -0.3 is 9.84 Å². The van der Waals surface area contributed by atoms with Crippen molar-refractivity contribution in [1.29, 1.82) is 0 Å². The molecule has 0 aliphatic rings. The van der Waals surface area contributed by atoms with Gasteiger partial charge >= 0.3 is 5.97 Å². The van der Waals surface area contributed by atoms with Crippen LogP contribution in [0.1, 0.15) is 6.42 Å². The summed E-state index contributed by atoms with van der Waals surface area (Å²) >= 11 is 3.24. The highest BCUT2D eigenvalue weighted by Crippen LogP contribution is 2.28. The summed E-state index contributed by atoms with van der Waals surface area (Å²) in [5.74, 6) is -1.15. The first-order valence-electron chi connectivity index (χ1n) is 4.90. The van der Waals surface area contributed by atoms with Gasteiger partial charge in [0.25, 0.3) is 0 Å². The second kappa shape index (κ2) is 6.05. The quantitative estimate of drug-likeness (QED) is 0.823. The Labute approximate surface area is 113 Å². The zero-order chi connectivity index (χ0) is 13.8. The number of carbonyl (C=O) groups is 1. The number of rotatable bonds is 6. The third kappa shape index (κ3) is 4.53. The molecule has 100 valence electrons. The van der Waals surface area contributed by atoms with Crippen molar-refractivity contribution in [2.45, 2.75) is 6.42 Å².